The van der Waals surface area contributed by atoms with Crippen molar-refractivity contribution in [3.63, 3.8) is 0 Å². The van der Waals surface area contributed by atoms with Crippen molar-refractivity contribution in [2.75, 3.05) is 0 Å². The maximum Gasteiger partial charge on any atom is 0.421 e. The summed E-state index contributed by atoms with van der Waals surface area (Å²) in [6, 6.07) is 5.01. The van der Waals surface area contributed by atoms with Crippen molar-refractivity contribution >= 4 is 0 Å². The van der Waals surface area contributed by atoms with Gasteiger partial charge in [0, 0.05) is 0 Å². The number of fused-ring (bicyclic) bond motifs is 1. The van der Waals surface area contributed by atoms with E-state index >= 15 is 0 Å². The molecule has 0 saturated carbocycles. The van der Waals surface area contributed by atoms with E-state index in [2.05, 4.69) is 0 Å². The van der Waals surface area contributed by atoms with E-state index < -0.39 is 11.8 Å². The number of benzene rings is 1. The first-order chi connectivity index (χ1) is 7.36. The Balaban J connectivity index is 2.64. The second-order valence-corrected chi connectivity index (χ2v) is 4.32. The third-order valence-corrected chi connectivity index (χ3v) is 3.23. The zero-order valence-electron chi connectivity index (χ0n) is 8.93. The second-order valence-electron chi connectivity index (χ2n) is 4.32. The standard InChI is InChI=1S/C12H13F3O/c1-8-4-2-5-9-6-3-7-11(16,10(8)9)12(13,14)15/h2,4-5,16H,3,6-7H2,1H3. The molecule has 1 atom stereocenters. The van der Waals surface area contributed by atoms with Crippen molar-refractivity contribution in [3.05, 3.63) is 34.9 Å². The molecule has 0 spiro atoms. The van der Waals surface area contributed by atoms with E-state index in [1.165, 1.54) is 0 Å². The maximum absolute atomic E-state index is 12.9. The SMILES string of the molecule is Cc1cccc2c1C(O)(C(F)(F)F)CCC2. The number of halogens is 3. The summed E-state index contributed by atoms with van der Waals surface area (Å²) >= 11 is 0. The lowest BCUT2D eigenvalue weighted by Gasteiger charge is -2.37. The van der Waals surface area contributed by atoms with Gasteiger partial charge in [0.2, 0.25) is 0 Å². The monoisotopic (exact) mass is 230 g/mol. The Morgan fingerprint density at radius 3 is 2.62 bits per heavy atom. The molecule has 4 heteroatoms. The zero-order valence-corrected chi connectivity index (χ0v) is 8.93. The molecule has 0 saturated heterocycles. The highest BCUT2D eigenvalue weighted by Gasteiger charge is 2.56. The largest absolute Gasteiger partial charge is 0.421 e. The third-order valence-electron chi connectivity index (χ3n) is 3.23. The quantitative estimate of drug-likeness (QED) is 0.726. The first-order valence-electron chi connectivity index (χ1n) is 5.24. The zero-order chi connectivity index (χ0) is 12.0. The van der Waals surface area contributed by atoms with Crippen molar-refractivity contribution in [3.8, 4) is 0 Å². The molecule has 0 amide bonds. The van der Waals surface area contributed by atoms with Crippen LogP contribution >= 0.6 is 0 Å². The molecule has 2 rings (SSSR count). The van der Waals surface area contributed by atoms with Gasteiger partial charge in [0.25, 0.3) is 0 Å². The molecule has 0 fully saturated rings. The first-order valence-corrected chi connectivity index (χ1v) is 5.24. The maximum atomic E-state index is 12.9. The molecule has 1 aromatic rings. The molecule has 1 N–H and O–H groups in total. The molecule has 0 heterocycles. The molecular weight excluding hydrogens is 217 g/mol. The van der Waals surface area contributed by atoms with Crippen molar-refractivity contribution in [2.45, 2.75) is 38.0 Å². The molecule has 0 bridgehead atoms. The number of alkyl halides is 3. The highest BCUT2D eigenvalue weighted by atomic mass is 19.4. The first kappa shape index (κ1) is 11.5. The highest BCUT2D eigenvalue weighted by Crippen LogP contribution is 2.47. The van der Waals surface area contributed by atoms with Crippen LogP contribution in [0, 0.1) is 6.92 Å². The van der Waals surface area contributed by atoms with Crippen LogP contribution in [0.3, 0.4) is 0 Å². The average Bonchev–Trinajstić information content (AvgIpc) is 2.16. The summed E-state index contributed by atoms with van der Waals surface area (Å²) in [5, 5.41) is 9.92. The fraction of sp³-hybridized carbons (Fsp3) is 0.500. The predicted octanol–water partition coefficient (Wildman–Crippen LogP) is 3.08. The van der Waals surface area contributed by atoms with Gasteiger partial charge in [-0.2, -0.15) is 13.2 Å². The van der Waals surface area contributed by atoms with Gasteiger partial charge in [0.05, 0.1) is 0 Å². The molecule has 0 aliphatic heterocycles. The predicted molar refractivity (Wildman–Crippen MR) is 54.1 cm³/mol. The summed E-state index contributed by atoms with van der Waals surface area (Å²) in [6.07, 6.45) is -3.87. The molecule has 88 valence electrons. The Hall–Kier alpha value is -1.03. The van der Waals surface area contributed by atoms with E-state index in [-0.39, 0.29) is 12.0 Å². The minimum atomic E-state index is -4.60. The van der Waals surface area contributed by atoms with Crippen LogP contribution in [0.15, 0.2) is 18.2 Å². The third kappa shape index (κ3) is 1.52. The molecule has 0 radical (unpaired) electrons. The van der Waals surface area contributed by atoms with Crippen molar-refractivity contribution < 1.29 is 18.3 Å². The summed E-state index contributed by atoms with van der Waals surface area (Å²) in [5.41, 5.74) is -1.47. The fourth-order valence-corrected chi connectivity index (χ4v) is 2.47. The molecule has 1 unspecified atom stereocenters. The van der Waals surface area contributed by atoms with Gasteiger partial charge in [-0.1, -0.05) is 18.2 Å². The lowest BCUT2D eigenvalue weighted by atomic mass is 9.76. The Bertz CT molecular complexity index is 411. The number of rotatable bonds is 0. The lowest BCUT2D eigenvalue weighted by molar-refractivity contribution is -0.271. The normalized spacial score (nSPS) is 25.3. The van der Waals surface area contributed by atoms with Gasteiger partial charge in [-0.25, -0.2) is 0 Å². The van der Waals surface area contributed by atoms with E-state index in [0.717, 1.165) is 0 Å². The molecule has 1 aliphatic carbocycles. The van der Waals surface area contributed by atoms with Gasteiger partial charge in [-0.05, 0) is 42.9 Å². The lowest BCUT2D eigenvalue weighted by Crippen LogP contribution is -2.45. The van der Waals surface area contributed by atoms with Gasteiger partial charge in [0.15, 0.2) is 5.60 Å². The Morgan fingerprint density at radius 2 is 2.00 bits per heavy atom. The second kappa shape index (κ2) is 3.48. The summed E-state index contributed by atoms with van der Waals surface area (Å²) in [7, 11) is 0. The fourth-order valence-electron chi connectivity index (χ4n) is 2.47. The summed E-state index contributed by atoms with van der Waals surface area (Å²) < 4.78 is 38.8. The topological polar surface area (TPSA) is 20.2 Å². The number of hydrogen-bond acceptors (Lipinski definition) is 1. The molecule has 0 aromatic heterocycles. The summed E-state index contributed by atoms with van der Waals surface area (Å²) in [4.78, 5) is 0. The minimum Gasteiger partial charge on any atom is -0.376 e. The van der Waals surface area contributed by atoms with Gasteiger partial charge < -0.3 is 5.11 Å². The van der Waals surface area contributed by atoms with Gasteiger partial charge in [-0.15, -0.1) is 0 Å². The molecule has 1 aromatic carbocycles. The van der Waals surface area contributed by atoms with Crippen molar-refractivity contribution in [2.24, 2.45) is 0 Å². The Labute approximate surface area is 91.9 Å². The van der Waals surface area contributed by atoms with Gasteiger partial charge in [-0.3, -0.25) is 0 Å². The molecule has 1 nitrogen and oxygen atoms in total. The van der Waals surface area contributed by atoms with Crippen molar-refractivity contribution in [1.29, 1.82) is 0 Å². The number of hydrogen-bond donors (Lipinski definition) is 1. The van der Waals surface area contributed by atoms with Gasteiger partial charge >= 0.3 is 6.18 Å². The van der Waals surface area contributed by atoms with Crippen LogP contribution in [-0.2, 0) is 12.0 Å². The molecule has 1 aliphatic rings. The Kier molecular flexibility index (Phi) is 2.49. The van der Waals surface area contributed by atoms with Crippen LogP contribution in [-0.4, -0.2) is 11.3 Å². The van der Waals surface area contributed by atoms with Crippen LogP contribution in [0.5, 0.6) is 0 Å². The molecular formula is C12H13F3O. The van der Waals surface area contributed by atoms with E-state index in [0.29, 0.717) is 24.0 Å². The van der Waals surface area contributed by atoms with Crippen LogP contribution < -0.4 is 0 Å². The van der Waals surface area contributed by atoms with E-state index in [1.807, 2.05) is 0 Å². The Morgan fingerprint density at radius 1 is 1.31 bits per heavy atom. The van der Waals surface area contributed by atoms with E-state index in [4.69, 9.17) is 0 Å². The minimum absolute atomic E-state index is 0.0637. The van der Waals surface area contributed by atoms with Crippen molar-refractivity contribution in [1.82, 2.24) is 0 Å². The summed E-state index contributed by atoms with van der Waals surface area (Å²) in [5.74, 6) is 0. The van der Waals surface area contributed by atoms with Crippen LogP contribution in [0.4, 0.5) is 13.2 Å². The van der Waals surface area contributed by atoms with Gasteiger partial charge in [0.1, 0.15) is 0 Å². The summed E-state index contributed by atoms with van der Waals surface area (Å²) in [6.45, 7) is 1.61. The van der Waals surface area contributed by atoms with Crippen LogP contribution in [0.25, 0.3) is 0 Å². The average molecular weight is 230 g/mol. The number of aliphatic hydroxyl groups is 1. The highest BCUT2D eigenvalue weighted by molar-refractivity contribution is 5.41. The molecule has 16 heavy (non-hydrogen) atoms. The number of aryl methyl sites for hydroxylation is 2. The van der Waals surface area contributed by atoms with E-state index in [1.54, 1.807) is 25.1 Å². The smallest absolute Gasteiger partial charge is 0.376 e. The van der Waals surface area contributed by atoms with E-state index in [9.17, 15) is 18.3 Å². The van der Waals surface area contributed by atoms with Crippen LogP contribution in [0.1, 0.15) is 29.5 Å². The van der Waals surface area contributed by atoms with Crippen LogP contribution in [0.2, 0.25) is 0 Å².